The van der Waals surface area contributed by atoms with Gasteiger partial charge in [-0.05, 0) is 42.5 Å². The Morgan fingerprint density at radius 1 is 1.37 bits per heavy atom. The third-order valence-corrected chi connectivity index (χ3v) is 3.84. The van der Waals surface area contributed by atoms with Crippen LogP contribution >= 0.6 is 11.3 Å². The van der Waals surface area contributed by atoms with Crippen LogP contribution in [0, 0.1) is 6.92 Å². The zero-order chi connectivity index (χ0) is 13.7. The standard InChI is InChI=1S/C15H17NO2S/c1-11-5-6-12(10-14(11)18-2)15(17)16-8-7-13-4-3-9-19-13/h3-6,9-10H,7-8H2,1-2H3,(H,16,17). The lowest BCUT2D eigenvalue weighted by Crippen LogP contribution is -2.25. The Kier molecular flexibility index (Phi) is 4.58. The SMILES string of the molecule is COc1cc(C(=O)NCCc2cccs2)ccc1C. The fourth-order valence-electron chi connectivity index (χ4n) is 1.82. The van der Waals surface area contributed by atoms with Crippen molar-refractivity contribution in [2.24, 2.45) is 0 Å². The van der Waals surface area contributed by atoms with Gasteiger partial charge in [-0.15, -0.1) is 11.3 Å². The summed E-state index contributed by atoms with van der Waals surface area (Å²) in [4.78, 5) is 13.3. The lowest BCUT2D eigenvalue weighted by Gasteiger charge is -2.08. The number of ether oxygens (including phenoxy) is 1. The molecule has 0 aliphatic carbocycles. The number of hydrogen-bond donors (Lipinski definition) is 1. The quantitative estimate of drug-likeness (QED) is 0.911. The summed E-state index contributed by atoms with van der Waals surface area (Å²) in [5, 5.41) is 4.96. The summed E-state index contributed by atoms with van der Waals surface area (Å²) in [7, 11) is 1.61. The first-order chi connectivity index (χ1) is 9.20. The monoisotopic (exact) mass is 275 g/mol. The molecule has 0 atom stereocenters. The van der Waals surface area contributed by atoms with Crippen LogP contribution in [0.4, 0.5) is 0 Å². The number of hydrogen-bond acceptors (Lipinski definition) is 3. The molecule has 1 heterocycles. The molecule has 100 valence electrons. The number of nitrogens with one attached hydrogen (secondary N) is 1. The molecule has 0 aliphatic rings. The van der Waals surface area contributed by atoms with Crippen LogP contribution in [0.2, 0.25) is 0 Å². The Labute approximate surface area is 117 Å². The number of carbonyl (C=O) groups excluding carboxylic acids is 1. The lowest BCUT2D eigenvalue weighted by molar-refractivity contribution is 0.0954. The van der Waals surface area contributed by atoms with Crippen molar-refractivity contribution in [1.82, 2.24) is 5.32 Å². The molecule has 0 aliphatic heterocycles. The van der Waals surface area contributed by atoms with E-state index >= 15 is 0 Å². The van der Waals surface area contributed by atoms with Gasteiger partial charge >= 0.3 is 0 Å². The predicted molar refractivity (Wildman–Crippen MR) is 78.1 cm³/mol. The van der Waals surface area contributed by atoms with E-state index in [1.54, 1.807) is 24.5 Å². The molecule has 0 fully saturated rings. The van der Waals surface area contributed by atoms with E-state index in [-0.39, 0.29) is 5.91 Å². The van der Waals surface area contributed by atoms with Crippen molar-refractivity contribution in [3.63, 3.8) is 0 Å². The summed E-state index contributed by atoms with van der Waals surface area (Å²) < 4.78 is 5.22. The first-order valence-corrected chi connectivity index (χ1v) is 7.04. The van der Waals surface area contributed by atoms with E-state index in [0.717, 1.165) is 17.7 Å². The van der Waals surface area contributed by atoms with Gasteiger partial charge in [0.2, 0.25) is 0 Å². The smallest absolute Gasteiger partial charge is 0.251 e. The number of methoxy groups -OCH3 is 1. The summed E-state index contributed by atoms with van der Waals surface area (Å²) >= 11 is 1.71. The first-order valence-electron chi connectivity index (χ1n) is 6.16. The van der Waals surface area contributed by atoms with Gasteiger partial charge in [0.1, 0.15) is 5.75 Å². The minimum Gasteiger partial charge on any atom is -0.496 e. The molecule has 1 aromatic heterocycles. The van der Waals surface area contributed by atoms with E-state index in [9.17, 15) is 4.79 Å². The van der Waals surface area contributed by atoms with Crippen molar-refractivity contribution in [2.45, 2.75) is 13.3 Å². The first kappa shape index (κ1) is 13.6. The molecule has 2 rings (SSSR count). The molecule has 0 saturated heterocycles. The molecule has 0 spiro atoms. The summed E-state index contributed by atoms with van der Waals surface area (Å²) in [5.74, 6) is 0.681. The number of amides is 1. The van der Waals surface area contributed by atoms with Crippen LogP contribution in [-0.4, -0.2) is 19.6 Å². The summed E-state index contributed by atoms with van der Waals surface area (Å²) in [6.45, 7) is 2.60. The van der Waals surface area contributed by atoms with Crippen LogP contribution in [0.15, 0.2) is 35.7 Å². The molecule has 0 unspecified atom stereocenters. The molecule has 1 N–H and O–H groups in total. The van der Waals surface area contributed by atoms with Gasteiger partial charge in [-0.25, -0.2) is 0 Å². The van der Waals surface area contributed by atoms with Crippen molar-refractivity contribution >= 4 is 17.2 Å². The van der Waals surface area contributed by atoms with Crippen molar-refractivity contribution in [1.29, 1.82) is 0 Å². The summed E-state index contributed by atoms with van der Waals surface area (Å²) in [5.41, 5.74) is 1.66. The van der Waals surface area contributed by atoms with Gasteiger partial charge in [0.25, 0.3) is 5.91 Å². The maximum Gasteiger partial charge on any atom is 0.251 e. The van der Waals surface area contributed by atoms with Crippen LogP contribution in [-0.2, 0) is 6.42 Å². The van der Waals surface area contributed by atoms with Crippen LogP contribution in [0.1, 0.15) is 20.8 Å². The molecule has 0 bridgehead atoms. The Morgan fingerprint density at radius 2 is 2.21 bits per heavy atom. The second kappa shape index (κ2) is 6.38. The van der Waals surface area contributed by atoms with Gasteiger partial charge in [0, 0.05) is 17.0 Å². The van der Waals surface area contributed by atoms with Crippen LogP contribution < -0.4 is 10.1 Å². The van der Waals surface area contributed by atoms with E-state index < -0.39 is 0 Å². The largest absolute Gasteiger partial charge is 0.496 e. The zero-order valence-corrected chi connectivity index (χ0v) is 11.9. The number of benzene rings is 1. The molecule has 19 heavy (non-hydrogen) atoms. The van der Waals surface area contributed by atoms with Gasteiger partial charge in [-0.1, -0.05) is 12.1 Å². The number of aryl methyl sites for hydroxylation is 1. The normalized spacial score (nSPS) is 10.2. The fraction of sp³-hybridized carbons (Fsp3) is 0.267. The number of thiophene rings is 1. The molecule has 1 amide bonds. The number of rotatable bonds is 5. The Morgan fingerprint density at radius 3 is 2.89 bits per heavy atom. The maximum atomic E-state index is 12.0. The summed E-state index contributed by atoms with van der Waals surface area (Å²) in [6, 6.07) is 9.58. The third-order valence-electron chi connectivity index (χ3n) is 2.91. The minimum atomic E-state index is -0.0603. The van der Waals surface area contributed by atoms with Gasteiger partial charge in [-0.3, -0.25) is 4.79 Å². The molecular weight excluding hydrogens is 258 g/mol. The van der Waals surface area contributed by atoms with Gasteiger partial charge in [0.05, 0.1) is 7.11 Å². The van der Waals surface area contributed by atoms with Crippen molar-refractivity contribution in [3.8, 4) is 5.75 Å². The van der Waals surface area contributed by atoms with Gasteiger partial charge in [0.15, 0.2) is 0 Å². The Hall–Kier alpha value is -1.81. The highest BCUT2D eigenvalue weighted by Gasteiger charge is 2.08. The second-order valence-electron chi connectivity index (χ2n) is 4.27. The van der Waals surface area contributed by atoms with E-state index in [4.69, 9.17) is 4.74 Å². The fourth-order valence-corrected chi connectivity index (χ4v) is 2.53. The summed E-state index contributed by atoms with van der Waals surface area (Å²) in [6.07, 6.45) is 0.867. The van der Waals surface area contributed by atoms with E-state index in [2.05, 4.69) is 11.4 Å². The molecule has 1 aromatic carbocycles. The Bertz CT molecular complexity index is 549. The highest BCUT2D eigenvalue weighted by atomic mass is 32.1. The minimum absolute atomic E-state index is 0.0603. The molecule has 0 radical (unpaired) electrons. The average molecular weight is 275 g/mol. The second-order valence-corrected chi connectivity index (χ2v) is 5.30. The van der Waals surface area contributed by atoms with Crippen LogP contribution in [0.3, 0.4) is 0 Å². The van der Waals surface area contributed by atoms with E-state index in [1.807, 2.05) is 30.5 Å². The van der Waals surface area contributed by atoms with Crippen LogP contribution in [0.25, 0.3) is 0 Å². The zero-order valence-electron chi connectivity index (χ0n) is 11.1. The van der Waals surface area contributed by atoms with Crippen molar-refractivity contribution < 1.29 is 9.53 Å². The third kappa shape index (κ3) is 3.58. The van der Waals surface area contributed by atoms with Crippen LogP contribution in [0.5, 0.6) is 5.75 Å². The Balaban J connectivity index is 1.92. The van der Waals surface area contributed by atoms with Gasteiger partial charge in [-0.2, -0.15) is 0 Å². The van der Waals surface area contributed by atoms with Crippen molar-refractivity contribution in [3.05, 3.63) is 51.7 Å². The van der Waals surface area contributed by atoms with Gasteiger partial charge < -0.3 is 10.1 Å². The molecular formula is C15H17NO2S. The lowest BCUT2D eigenvalue weighted by atomic mass is 10.1. The predicted octanol–water partition coefficient (Wildman–Crippen LogP) is 3.04. The van der Waals surface area contributed by atoms with E-state index in [0.29, 0.717) is 12.1 Å². The topological polar surface area (TPSA) is 38.3 Å². The highest BCUT2D eigenvalue weighted by Crippen LogP contribution is 2.18. The van der Waals surface area contributed by atoms with E-state index in [1.165, 1.54) is 4.88 Å². The highest BCUT2D eigenvalue weighted by molar-refractivity contribution is 7.09. The molecule has 4 heteroatoms. The molecule has 0 saturated carbocycles. The molecule has 2 aromatic rings. The molecule has 3 nitrogen and oxygen atoms in total. The number of carbonyl (C=O) groups is 1. The maximum absolute atomic E-state index is 12.0. The van der Waals surface area contributed by atoms with Crippen molar-refractivity contribution in [2.75, 3.05) is 13.7 Å². The average Bonchev–Trinajstić information content (AvgIpc) is 2.92.